The van der Waals surface area contributed by atoms with Gasteiger partial charge in [0.15, 0.2) is 11.5 Å². The lowest BCUT2D eigenvalue weighted by Gasteiger charge is -2.21. The van der Waals surface area contributed by atoms with Crippen molar-refractivity contribution < 1.29 is 9.84 Å². The van der Waals surface area contributed by atoms with Crippen LogP contribution < -0.4 is 10.1 Å². The monoisotopic (exact) mass is 285 g/mol. The molecule has 2 atom stereocenters. The molecule has 0 fully saturated rings. The first kappa shape index (κ1) is 15.4. The van der Waals surface area contributed by atoms with E-state index >= 15 is 0 Å². The van der Waals surface area contributed by atoms with E-state index in [4.69, 9.17) is 4.74 Å². The van der Waals surface area contributed by atoms with Crippen molar-refractivity contribution in [3.05, 3.63) is 59.2 Å². The van der Waals surface area contributed by atoms with E-state index in [0.717, 1.165) is 5.56 Å². The molecule has 0 radical (unpaired) electrons. The summed E-state index contributed by atoms with van der Waals surface area (Å²) in [6.45, 7) is 6.37. The first-order chi connectivity index (χ1) is 10.0. The second-order valence-corrected chi connectivity index (χ2v) is 5.46. The van der Waals surface area contributed by atoms with Gasteiger partial charge in [-0.2, -0.15) is 0 Å². The Hall–Kier alpha value is -2.00. The molecule has 0 bridgehead atoms. The Kier molecular flexibility index (Phi) is 4.86. The highest BCUT2D eigenvalue weighted by Crippen LogP contribution is 2.29. The van der Waals surface area contributed by atoms with Gasteiger partial charge in [0.25, 0.3) is 0 Å². The molecule has 2 aromatic rings. The molecular formula is C18H23NO2. The second-order valence-electron chi connectivity index (χ2n) is 5.46. The van der Waals surface area contributed by atoms with E-state index in [1.807, 2.05) is 12.1 Å². The van der Waals surface area contributed by atoms with Gasteiger partial charge in [-0.25, -0.2) is 0 Å². The fourth-order valence-corrected chi connectivity index (χ4v) is 2.47. The summed E-state index contributed by atoms with van der Waals surface area (Å²) in [5.74, 6) is 0.671. The molecule has 3 heteroatoms. The maximum absolute atomic E-state index is 9.66. The molecule has 1 unspecified atom stereocenters. The summed E-state index contributed by atoms with van der Waals surface area (Å²) in [4.78, 5) is 0. The number of ether oxygens (including phenoxy) is 1. The average molecular weight is 285 g/mol. The molecule has 0 saturated heterocycles. The van der Waals surface area contributed by atoms with E-state index in [1.165, 1.54) is 11.1 Å². The Morgan fingerprint density at radius 3 is 2.29 bits per heavy atom. The highest BCUT2D eigenvalue weighted by molar-refractivity contribution is 5.42. The van der Waals surface area contributed by atoms with E-state index in [1.54, 1.807) is 13.2 Å². The Labute approximate surface area is 126 Å². The lowest BCUT2D eigenvalue weighted by atomic mass is 10.0. The van der Waals surface area contributed by atoms with Gasteiger partial charge in [0.05, 0.1) is 7.11 Å². The van der Waals surface area contributed by atoms with Crippen LogP contribution >= 0.6 is 0 Å². The average Bonchev–Trinajstić information content (AvgIpc) is 2.47. The van der Waals surface area contributed by atoms with Gasteiger partial charge in [-0.1, -0.05) is 35.9 Å². The van der Waals surface area contributed by atoms with Gasteiger partial charge >= 0.3 is 0 Å². The van der Waals surface area contributed by atoms with Crippen LogP contribution in [-0.4, -0.2) is 12.2 Å². The van der Waals surface area contributed by atoms with Gasteiger partial charge in [-0.3, -0.25) is 0 Å². The van der Waals surface area contributed by atoms with Gasteiger partial charge in [0, 0.05) is 12.1 Å². The highest BCUT2D eigenvalue weighted by atomic mass is 16.5. The van der Waals surface area contributed by atoms with E-state index in [0.29, 0.717) is 5.75 Å². The topological polar surface area (TPSA) is 41.5 Å². The van der Waals surface area contributed by atoms with Crippen molar-refractivity contribution in [3.8, 4) is 11.5 Å². The molecule has 112 valence electrons. The van der Waals surface area contributed by atoms with E-state index in [9.17, 15) is 5.11 Å². The number of phenols is 1. The minimum Gasteiger partial charge on any atom is -0.504 e. The maximum Gasteiger partial charge on any atom is 0.160 e. The molecule has 2 aromatic carbocycles. The van der Waals surface area contributed by atoms with Crippen molar-refractivity contribution in [1.29, 1.82) is 0 Å². The fourth-order valence-electron chi connectivity index (χ4n) is 2.47. The molecule has 0 saturated carbocycles. The molecule has 0 aliphatic rings. The van der Waals surface area contributed by atoms with E-state index < -0.39 is 0 Å². The smallest absolute Gasteiger partial charge is 0.160 e. The zero-order valence-electron chi connectivity index (χ0n) is 13.1. The third-order valence-corrected chi connectivity index (χ3v) is 3.75. The first-order valence-electron chi connectivity index (χ1n) is 7.20. The van der Waals surface area contributed by atoms with Crippen molar-refractivity contribution in [2.75, 3.05) is 7.11 Å². The molecule has 21 heavy (non-hydrogen) atoms. The van der Waals surface area contributed by atoms with Crippen LogP contribution in [0, 0.1) is 6.92 Å². The van der Waals surface area contributed by atoms with Crippen LogP contribution in [0.15, 0.2) is 42.5 Å². The highest BCUT2D eigenvalue weighted by Gasteiger charge is 2.13. The minimum absolute atomic E-state index is 0.162. The van der Waals surface area contributed by atoms with E-state index in [-0.39, 0.29) is 17.8 Å². The number of benzene rings is 2. The summed E-state index contributed by atoms with van der Waals surface area (Å²) >= 11 is 0. The Morgan fingerprint density at radius 2 is 1.67 bits per heavy atom. The van der Waals surface area contributed by atoms with Gasteiger partial charge < -0.3 is 15.2 Å². The summed E-state index contributed by atoms with van der Waals surface area (Å²) < 4.78 is 5.16. The van der Waals surface area contributed by atoms with Gasteiger partial charge in [0.1, 0.15) is 0 Å². The van der Waals surface area contributed by atoms with Crippen LogP contribution in [0.1, 0.15) is 42.6 Å². The summed E-state index contributed by atoms with van der Waals surface area (Å²) in [6, 6.07) is 14.4. The van der Waals surface area contributed by atoms with Crippen LogP contribution in [0.2, 0.25) is 0 Å². The third-order valence-electron chi connectivity index (χ3n) is 3.75. The van der Waals surface area contributed by atoms with Crippen LogP contribution in [0.4, 0.5) is 0 Å². The normalized spacial score (nSPS) is 13.7. The summed E-state index contributed by atoms with van der Waals surface area (Å²) in [6.07, 6.45) is 0. The zero-order valence-corrected chi connectivity index (χ0v) is 13.1. The number of aromatic hydroxyl groups is 1. The number of aryl methyl sites for hydroxylation is 1. The number of hydrogen-bond donors (Lipinski definition) is 2. The van der Waals surface area contributed by atoms with Crippen LogP contribution in [-0.2, 0) is 0 Å². The molecule has 0 heterocycles. The predicted octanol–water partition coefficient (Wildman–Crippen LogP) is 4.12. The molecule has 3 nitrogen and oxygen atoms in total. The first-order valence-corrected chi connectivity index (χ1v) is 7.20. The van der Waals surface area contributed by atoms with Gasteiger partial charge in [-0.15, -0.1) is 0 Å². The Bertz CT molecular complexity index is 610. The van der Waals surface area contributed by atoms with Gasteiger partial charge in [-0.05, 0) is 44.0 Å². The molecule has 2 rings (SSSR count). The van der Waals surface area contributed by atoms with Crippen molar-refractivity contribution in [3.63, 3.8) is 0 Å². The number of methoxy groups -OCH3 is 1. The SMILES string of the molecule is COc1cc(C(C)N[C@H](C)c2cccc(C)c2)ccc1O. The number of hydrogen-bond acceptors (Lipinski definition) is 3. The summed E-state index contributed by atoms with van der Waals surface area (Å²) in [5.41, 5.74) is 3.62. The molecular weight excluding hydrogens is 262 g/mol. The molecule has 0 aliphatic heterocycles. The van der Waals surface area contributed by atoms with E-state index in [2.05, 4.69) is 50.4 Å². The molecule has 2 N–H and O–H groups in total. The van der Waals surface area contributed by atoms with Gasteiger partial charge in [0.2, 0.25) is 0 Å². The van der Waals surface area contributed by atoms with Crippen molar-refractivity contribution in [1.82, 2.24) is 5.32 Å². The van der Waals surface area contributed by atoms with Crippen LogP contribution in [0.25, 0.3) is 0 Å². The number of nitrogens with one attached hydrogen (secondary N) is 1. The quantitative estimate of drug-likeness (QED) is 0.868. The fraction of sp³-hybridized carbons (Fsp3) is 0.333. The largest absolute Gasteiger partial charge is 0.504 e. The molecule has 0 aliphatic carbocycles. The minimum atomic E-state index is 0.162. The van der Waals surface area contributed by atoms with Crippen LogP contribution in [0.3, 0.4) is 0 Å². The lowest BCUT2D eigenvalue weighted by molar-refractivity contribution is 0.371. The van der Waals surface area contributed by atoms with Crippen molar-refractivity contribution >= 4 is 0 Å². The summed E-state index contributed by atoms with van der Waals surface area (Å²) in [5, 5.41) is 13.2. The lowest BCUT2D eigenvalue weighted by Crippen LogP contribution is -2.22. The summed E-state index contributed by atoms with van der Waals surface area (Å²) in [7, 11) is 1.56. The standard InChI is InChI=1S/C18H23NO2/c1-12-6-5-7-15(10-12)13(2)19-14(3)16-8-9-17(20)18(11-16)21-4/h5-11,13-14,19-20H,1-4H3/t13-,14?/m1/s1. The number of rotatable bonds is 5. The van der Waals surface area contributed by atoms with Crippen molar-refractivity contribution in [2.24, 2.45) is 0 Å². The molecule has 0 amide bonds. The number of phenolic OH excluding ortho intramolecular Hbond substituents is 1. The zero-order chi connectivity index (χ0) is 15.4. The Morgan fingerprint density at radius 1 is 1.00 bits per heavy atom. The Balaban J connectivity index is 2.12. The van der Waals surface area contributed by atoms with Crippen LogP contribution in [0.5, 0.6) is 11.5 Å². The maximum atomic E-state index is 9.66. The molecule has 0 aromatic heterocycles. The van der Waals surface area contributed by atoms with Crippen molar-refractivity contribution in [2.45, 2.75) is 32.9 Å². The second kappa shape index (κ2) is 6.64. The predicted molar refractivity (Wildman–Crippen MR) is 85.8 cm³/mol. The molecule has 0 spiro atoms. The third kappa shape index (κ3) is 3.76.